The van der Waals surface area contributed by atoms with E-state index in [4.69, 9.17) is 9.47 Å². The maximum absolute atomic E-state index is 5.82. The Balaban J connectivity index is 1.73. The summed E-state index contributed by atoms with van der Waals surface area (Å²) in [5.41, 5.74) is 0.923. The van der Waals surface area contributed by atoms with E-state index in [1.54, 1.807) is 7.11 Å². The van der Waals surface area contributed by atoms with E-state index in [0.717, 1.165) is 43.9 Å². The minimum atomic E-state index is 0.393. The number of methoxy groups -OCH3 is 1. The molecule has 1 aliphatic heterocycles. The number of hydrogen-bond donors (Lipinski definition) is 2. The quantitative estimate of drug-likeness (QED) is 0.748. The lowest BCUT2D eigenvalue weighted by atomic mass is 10.1. The first-order valence-corrected chi connectivity index (χ1v) is 6.73. The van der Waals surface area contributed by atoms with E-state index in [1.807, 2.05) is 6.92 Å². The van der Waals surface area contributed by atoms with Gasteiger partial charge < -0.3 is 20.1 Å². The first-order chi connectivity index (χ1) is 9.31. The largest absolute Gasteiger partial charge is 0.481 e. The Morgan fingerprint density at radius 3 is 2.89 bits per heavy atom. The Hall–Kier alpha value is -1.40. The van der Waals surface area contributed by atoms with Crippen molar-refractivity contribution in [2.45, 2.75) is 25.9 Å². The van der Waals surface area contributed by atoms with Gasteiger partial charge in [0.25, 0.3) is 0 Å². The zero-order chi connectivity index (χ0) is 13.5. The maximum atomic E-state index is 5.82. The van der Waals surface area contributed by atoms with Gasteiger partial charge in [-0.05, 0) is 32.9 Å². The molecule has 6 nitrogen and oxygen atoms in total. The third-order valence-electron chi connectivity index (χ3n) is 3.27. The first kappa shape index (κ1) is 14.0. The van der Waals surface area contributed by atoms with Gasteiger partial charge in [-0.15, -0.1) is 0 Å². The number of piperidine rings is 1. The Morgan fingerprint density at radius 2 is 2.16 bits per heavy atom. The van der Waals surface area contributed by atoms with Crippen molar-refractivity contribution in [1.82, 2.24) is 15.3 Å². The van der Waals surface area contributed by atoms with Crippen molar-refractivity contribution in [1.29, 1.82) is 0 Å². The minimum Gasteiger partial charge on any atom is -0.481 e. The molecule has 6 heteroatoms. The highest BCUT2D eigenvalue weighted by atomic mass is 16.5. The molecular weight excluding hydrogens is 244 g/mol. The highest BCUT2D eigenvalue weighted by Crippen LogP contribution is 2.19. The second-order valence-electron chi connectivity index (χ2n) is 4.60. The van der Waals surface area contributed by atoms with Gasteiger partial charge in [-0.2, -0.15) is 0 Å². The molecule has 0 unspecified atom stereocenters. The average Bonchev–Trinajstić information content (AvgIpc) is 2.46. The summed E-state index contributed by atoms with van der Waals surface area (Å²) in [4.78, 5) is 8.25. The molecule has 0 amide bonds. The van der Waals surface area contributed by atoms with Gasteiger partial charge in [0.1, 0.15) is 12.1 Å². The molecule has 106 valence electrons. The number of nitrogens with zero attached hydrogens (tertiary/aromatic N) is 2. The molecule has 1 fully saturated rings. The summed E-state index contributed by atoms with van der Waals surface area (Å²) >= 11 is 0. The molecule has 1 aromatic rings. The van der Waals surface area contributed by atoms with Crippen LogP contribution in [0.25, 0.3) is 0 Å². The first-order valence-electron chi connectivity index (χ1n) is 6.73. The zero-order valence-electron chi connectivity index (χ0n) is 11.6. The lowest BCUT2D eigenvalue weighted by molar-refractivity contribution is 0.0394. The predicted octanol–water partition coefficient (Wildman–Crippen LogP) is 0.974. The molecule has 2 N–H and O–H groups in total. The summed E-state index contributed by atoms with van der Waals surface area (Å²) < 4.78 is 11.0. The molecule has 0 aromatic carbocycles. The van der Waals surface area contributed by atoms with Crippen LogP contribution >= 0.6 is 0 Å². The van der Waals surface area contributed by atoms with Crippen LogP contribution in [0.3, 0.4) is 0 Å². The Kier molecular flexibility index (Phi) is 5.35. The number of aromatic nitrogens is 2. The van der Waals surface area contributed by atoms with Crippen LogP contribution in [0.1, 0.15) is 18.4 Å². The summed E-state index contributed by atoms with van der Waals surface area (Å²) in [6, 6.07) is 0. The number of nitrogens with one attached hydrogen (secondary N) is 2. The van der Waals surface area contributed by atoms with E-state index < -0.39 is 0 Å². The molecule has 19 heavy (non-hydrogen) atoms. The second-order valence-corrected chi connectivity index (χ2v) is 4.60. The summed E-state index contributed by atoms with van der Waals surface area (Å²) in [5, 5.41) is 6.58. The highest BCUT2D eigenvalue weighted by Gasteiger charge is 2.13. The SMILES string of the molecule is COc1ncnc(NCCOC2CCNCC2)c1C. The van der Waals surface area contributed by atoms with Gasteiger partial charge in [0, 0.05) is 6.54 Å². The van der Waals surface area contributed by atoms with Gasteiger partial charge >= 0.3 is 0 Å². The highest BCUT2D eigenvalue weighted by molar-refractivity contribution is 5.47. The molecule has 1 aromatic heterocycles. The van der Waals surface area contributed by atoms with Crippen molar-refractivity contribution < 1.29 is 9.47 Å². The van der Waals surface area contributed by atoms with Crippen LogP contribution in [0.4, 0.5) is 5.82 Å². The van der Waals surface area contributed by atoms with Gasteiger partial charge in [0.05, 0.1) is 25.4 Å². The van der Waals surface area contributed by atoms with Crippen LogP contribution in [0, 0.1) is 6.92 Å². The summed E-state index contributed by atoms with van der Waals surface area (Å²) in [6.07, 6.45) is 4.09. The zero-order valence-corrected chi connectivity index (χ0v) is 11.6. The lowest BCUT2D eigenvalue weighted by Gasteiger charge is -2.23. The predicted molar refractivity (Wildman–Crippen MR) is 73.7 cm³/mol. The van der Waals surface area contributed by atoms with E-state index in [2.05, 4.69) is 20.6 Å². The molecule has 0 radical (unpaired) electrons. The van der Waals surface area contributed by atoms with E-state index >= 15 is 0 Å². The lowest BCUT2D eigenvalue weighted by Crippen LogP contribution is -2.33. The Bertz CT molecular complexity index is 394. The van der Waals surface area contributed by atoms with Gasteiger partial charge in [-0.25, -0.2) is 9.97 Å². The van der Waals surface area contributed by atoms with Crippen LogP contribution < -0.4 is 15.4 Å². The normalized spacial score (nSPS) is 16.3. The van der Waals surface area contributed by atoms with E-state index in [9.17, 15) is 0 Å². The van der Waals surface area contributed by atoms with Gasteiger partial charge in [-0.3, -0.25) is 0 Å². The number of anilines is 1. The van der Waals surface area contributed by atoms with Crippen molar-refractivity contribution in [2.24, 2.45) is 0 Å². The molecule has 0 spiro atoms. The molecular formula is C13H22N4O2. The van der Waals surface area contributed by atoms with E-state index in [0.29, 0.717) is 18.6 Å². The summed E-state index contributed by atoms with van der Waals surface area (Å²) in [6.45, 7) is 5.48. The fourth-order valence-corrected chi connectivity index (χ4v) is 2.18. The topological polar surface area (TPSA) is 68.3 Å². The van der Waals surface area contributed by atoms with Gasteiger partial charge in [-0.1, -0.05) is 0 Å². The monoisotopic (exact) mass is 266 g/mol. The average molecular weight is 266 g/mol. The third-order valence-corrected chi connectivity index (χ3v) is 3.27. The molecule has 0 bridgehead atoms. The van der Waals surface area contributed by atoms with Crippen LogP contribution in [-0.2, 0) is 4.74 Å². The molecule has 1 aliphatic rings. The molecule has 0 atom stereocenters. The Morgan fingerprint density at radius 1 is 1.37 bits per heavy atom. The maximum Gasteiger partial charge on any atom is 0.221 e. The molecule has 0 saturated carbocycles. The Labute approximate surface area is 113 Å². The van der Waals surface area contributed by atoms with Crippen molar-refractivity contribution in [3.63, 3.8) is 0 Å². The summed E-state index contributed by atoms with van der Waals surface area (Å²) in [7, 11) is 1.61. The van der Waals surface area contributed by atoms with Gasteiger partial charge in [0.15, 0.2) is 0 Å². The van der Waals surface area contributed by atoms with Crippen molar-refractivity contribution in [3.8, 4) is 5.88 Å². The molecule has 2 rings (SSSR count). The minimum absolute atomic E-state index is 0.393. The van der Waals surface area contributed by atoms with Crippen LogP contribution in [-0.4, -0.2) is 49.4 Å². The van der Waals surface area contributed by atoms with Crippen molar-refractivity contribution >= 4 is 5.82 Å². The standard InChI is InChI=1S/C13H22N4O2/c1-10-12(16-9-17-13(10)18-2)15-7-8-19-11-3-5-14-6-4-11/h9,11,14H,3-8H2,1-2H3,(H,15,16,17). The summed E-state index contributed by atoms with van der Waals surface area (Å²) in [5.74, 6) is 1.41. The van der Waals surface area contributed by atoms with E-state index in [-0.39, 0.29) is 0 Å². The second kappa shape index (κ2) is 7.25. The third kappa shape index (κ3) is 4.04. The van der Waals surface area contributed by atoms with E-state index in [1.165, 1.54) is 6.33 Å². The smallest absolute Gasteiger partial charge is 0.221 e. The van der Waals surface area contributed by atoms with Crippen molar-refractivity contribution in [2.75, 3.05) is 38.7 Å². The van der Waals surface area contributed by atoms with Gasteiger partial charge in [0.2, 0.25) is 5.88 Å². The van der Waals surface area contributed by atoms with Crippen LogP contribution in [0.5, 0.6) is 5.88 Å². The number of hydrogen-bond acceptors (Lipinski definition) is 6. The number of ether oxygens (including phenoxy) is 2. The van der Waals surface area contributed by atoms with Crippen LogP contribution in [0.15, 0.2) is 6.33 Å². The molecule has 0 aliphatic carbocycles. The molecule has 2 heterocycles. The fourth-order valence-electron chi connectivity index (χ4n) is 2.18. The molecule has 1 saturated heterocycles. The fraction of sp³-hybridized carbons (Fsp3) is 0.692. The van der Waals surface area contributed by atoms with Crippen molar-refractivity contribution in [3.05, 3.63) is 11.9 Å². The van der Waals surface area contributed by atoms with Crippen LogP contribution in [0.2, 0.25) is 0 Å². The number of rotatable bonds is 6.